The number of carbonyl (C=O) groups is 2. The fraction of sp³-hybridized carbons (Fsp3) is 0.333. The summed E-state index contributed by atoms with van der Waals surface area (Å²) >= 11 is 6.01. The van der Waals surface area contributed by atoms with Crippen LogP contribution in [0.4, 0.5) is 0 Å². The highest BCUT2D eigenvalue weighted by Crippen LogP contribution is 2.24. The third kappa shape index (κ3) is 5.34. The van der Waals surface area contributed by atoms with E-state index in [1.54, 1.807) is 20.8 Å². The van der Waals surface area contributed by atoms with Crippen molar-refractivity contribution in [2.45, 2.75) is 37.8 Å². The second kappa shape index (κ2) is 8.34. The van der Waals surface area contributed by atoms with Crippen LogP contribution >= 0.6 is 11.6 Å². The Morgan fingerprint density at radius 3 is 2.46 bits per heavy atom. The summed E-state index contributed by atoms with van der Waals surface area (Å²) in [4.78, 5) is 23.7. The first kappa shape index (κ1) is 21.9. The number of methoxy groups -OCH3 is 1. The Balaban J connectivity index is 2.21. The summed E-state index contributed by atoms with van der Waals surface area (Å²) in [5.74, 6) is -1.57. The summed E-state index contributed by atoms with van der Waals surface area (Å²) < 4.78 is 42.3. The van der Waals surface area contributed by atoms with E-state index >= 15 is 0 Å². The maximum absolute atomic E-state index is 12.5. The molecular weight excluding hydrogens is 410 g/mol. The van der Waals surface area contributed by atoms with E-state index in [0.29, 0.717) is 5.56 Å². The van der Waals surface area contributed by atoms with Crippen LogP contribution in [-0.4, -0.2) is 33.0 Å². The Morgan fingerprint density at radius 1 is 1.18 bits per heavy atom. The first-order valence-corrected chi connectivity index (χ1v) is 9.96. The molecule has 10 heteroatoms. The van der Waals surface area contributed by atoms with Crippen LogP contribution in [-0.2, 0) is 26.1 Å². The van der Waals surface area contributed by atoms with Crippen LogP contribution in [0.3, 0.4) is 0 Å². The van der Waals surface area contributed by atoms with Gasteiger partial charge in [0.15, 0.2) is 0 Å². The van der Waals surface area contributed by atoms with Gasteiger partial charge in [-0.3, -0.25) is 0 Å². The highest BCUT2D eigenvalue weighted by atomic mass is 35.5. The minimum Gasteiger partial charge on any atom is -0.463 e. The van der Waals surface area contributed by atoms with Crippen molar-refractivity contribution in [1.29, 1.82) is 0 Å². The lowest BCUT2D eigenvalue weighted by atomic mass is 10.1. The number of hydrogen-bond acceptors (Lipinski definition) is 7. The number of hydrogen-bond donors (Lipinski definition) is 1. The maximum atomic E-state index is 12.5. The van der Waals surface area contributed by atoms with Crippen LogP contribution in [0.1, 0.15) is 47.2 Å². The van der Waals surface area contributed by atoms with Crippen molar-refractivity contribution in [2.24, 2.45) is 0 Å². The molecule has 0 aliphatic carbocycles. The molecule has 0 bridgehead atoms. The third-order valence-corrected chi connectivity index (χ3v) is 5.61. The zero-order chi connectivity index (χ0) is 21.1. The molecule has 1 aromatic carbocycles. The monoisotopic (exact) mass is 429 g/mol. The fourth-order valence-corrected chi connectivity index (χ4v) is 4.19. The summed E-state index contributed by atoms with van der Waals surface area (Å²) in [6.07, 6.45) is 1.26. The second-order valence-corrected chi connectivity index (χ2v) is 8.90. The van der Waals surface area contributed by atoms with Crippen molar-refractivity contribution in [3.8, 4) is 0 Å². The van der Waals surface area contributed by atoms with E-state index in [1.807, 2.05) is 0 Å². The van der Waals surface area contributed by atoms with E-state index < -0.39 is 27.5 Å². The predicted molar refractivity (Wildman–Crippen MR) is 101 cm³/mol. The van der Waals surface area contributed by atoms with Gasteiger partial charge in [-0.2, -0.15) is 0 Å². The molecule has 0 radical (unpaired) electrons. The summed E-state index contributed by atoms with van der Waals surface area (Å²) in [7, 11) is -2.75. The van der Waals surface area contributed by atoms with Gasteiger partial charge in [-0.1, -0.05) is 11.6 Å². The van der Waals surface area contributed by atoms with Crippen molar-refractivity contribution in [3.05, 3.63) is 52.4 Å². The van der Waals surface area contributed by atoms with Crippen molar-refractivity contribution in [1.82, 2.24) is 4.72 Å². The molecule has 28 heavy (non-hydrogen) atoms. The van der Waals surface area contributed by atoms with Crippen LogP contribution in [0.5, 0.6) is 0 Å². The standard InChI is InChI=1S/C18H20ClNO7S/c1-18(2,3)20-28(23,24)14-9-11(5-6-13(14)19)16(21)27-10-12-7-8-26-15(12)17(22)25-4/h5-9,20H,10H2,1-4H3. The Bertz CT molecular complexity index is 990. The smallest absolute Gasteiger partial charge is 0.374 e. The lowest BCUT2D eigenvalue weighted by Crippen LogP contribution is -2.40. The summed E-state index contributed by atoms with van der Waals surface area (Å²) in [5, 5.41) is -0.0314. The molecule has 0 saturated heterocycles. The van der Waals surface area contributed by atoms with Crippen LogP contribution in [0.25, 0.3) is 0 Å². The number of sulfonamides is 1. The molecule has 0 aliphatic heterocycles. The molecule has 0 atom stereocenters. The molecule has 0 saturated carbocycles. The fourth-order valence-electron chi connectivity index (χ4n) is 2.24. The SMILES string of the molecule is COC(=O)c1occc1COC(=O)c1ccc(Cl)c(S(=O)(=O)NC(C)(C)C)c1. The number of furan rings is 1. The lowest BCUT2D eigenvalue weighted by molar-refractivity contribution is 0.0453. The number of rotatable bonds is 6. The van der Waals surface area contributed by atoms with Crippen LogP contribution in [0.15, 0.2) is 39.8 Å². The Kier molecular flexibility index (Phi) is 6.53. The number of benzene rings is 1. The predicted octanol–water partition coefficient (Wildman–Crippen LogP) is 3.15. The van der Waals surface area contributed by atoms with Crippen molar-refractivity contribution >= 4 is 33.6 Å². The molecule has 2 aromatic rings. The zero-order valence-corrected chi connectivity index (χ0v) is 17.3. The van der Waals surface area contributed by atoms with Gasteiger partial charge in [0.2, 0.25) is 15.8 Å². The first-order chi connectivity index (χ1) is 12.9. The molecule has 0 aliphatic rings. The molecular formula is C18H20ClNO7S. The Morgan fingerprint density at radius 2 is 1.86 bits per heavy atom. The molecule has 1 N–H and O–H groups in total. The van der Waals surface area contributed by atoms with E-state index in [-0.39, 0.29) is 27.8 Å². The first-order valence-electron chi connectivity index (χ1n) is 8.10. The molecule has 2 rings (SSSR count). The molecule has 0 unspecified atom stereocenters. The van der Waals surface area contributed by atoms with Gasteiger partial charge in [-0.25, -0.2) is 22.7 Å². The molecule has 0 amide bonds. The van der Waals surface area contributed by atoms with Gasteiger partial charge in [0.25, 0.3) is 0 Å². The molecule has 8 nitrogen and oxygen atoms in total. The summed E-state index contributed by atoms with van der Waals surface area (Å²) in [5.41, 5.74) is -0.428. The van der Waals surface area contributed by atoms with Gasteiger partial charge in [-0.15, -0.1) is 0 Å². The van der Waals surface area contributed by atoms with Crippen LogP contribution in [0, 0.1) is 0 Å². The molecule has 1 heterocycles. The second-order valence-electron chi connectivity index (χ2n) is 6.84. The quantitative estimate of drug-likeness (QED) is 0.702. The Hall–Kier alpha value is -2.36. The van der Waals surface area contributed by atoms with Gasteiger partial charge in [0.05, 0.1) is 24.0 Å². The van der Waals surface area contributed by atoms with E-state index in [0.717, 1.165) is 6.07 Å². The van der Waals surface area contributed by atoms with Gasteiger partial charge in [0, 0.05) is 11.1 Å². The minimum absolute atomic E-state index is 0.0122. The van der Waals surface area contributed by atoms with E-state index in [2.05, 4.69) is 9.46 Å². The highest BCUT2D eigenvalue weighted by molar-refractivity contribution is 7.89. The maximum Gasteiger partial charge on any atom is 0.374 e. The molecule has 0 spiro atoms. The molecule has 0 fully saturated rings. The Labute approximate surface area is 167 Å². The van der Waals surface area contributed by atoms with Gasteiger partial charge in [-0.05, 0) is 45.0 Å². The van der Waals surface area contributed by atoms with Gasteiger partial charge >= 0.3 is 11.9 Å². The number of nitrogens with one attached hydrogen (secondary N) is 1. The summed E-state index contributed by atoms with van der Waals surface area (Å²) in [6.45, 7) is 4.78. The van der Waals surface area contributed by atoms with E-state index in [4.69, 9.17) is 20.8 Å². The van der Waals surface area contributed by atoms with E-state index in [1.165, 1.54) is 31.6 Å². The number of esters is 2. The largest absolute Gasteiger partial charge is 0.463 e. The van der Waals surface area contributed by atoms with Crippen molar-refractivity contribution in [2.75, 3.05) is 7.11 Å². The average molecular weight is 430 g/mol. The van der Waals surface area contributed by atoms with E-state index in [9.17, 15) is 18.0 Å². The van der Waals surface area contributed by atoms with Gasteiger partial charge < -0.3 is 13.9 Å². The zero-order valence-electron chi connectivity index (χ0n) is 15.7. The average Bonchev–Trinajstić information content (AvgIpc) is 3.05. The number of ether oxygens (including phenoxy) is 2. The van der Waals surface area contributed by atoms with Crippen molar-refractivity contribution in [3.63, 3.8) is 0 Å². The van der Waals surface area contributed by atoms with Crippen LogP contribution in [0.2, 0.25) is 5.02 Å². The minimum atomic E-state index is -3.95. The van der Waals surface area contributed by atoms with Crippen molar-refractivity contribution < 1.29 is 31.9 Å². The molecule has 1 aromatic heterocycles. The van der Waals surface area contributed by atoms with Gasteiger partial charge in [0.1, 0.15) is 11.5 Å². The summed E-state index contributed by atoms with van der Waals surface area (Å²) in [6, 6.07) is 5.24. The highest BCUT2D eigenvalue weighted by Gasteiger charge is 2.26. The molecule has 152 valence electrons. The third-order valence-electron chi connectivity index (χ3n) is 3.37. The topological polar surface area (TPSA) is 112 Å². The normalized spacial score (nSPS) is 11.9. The lowest BCUT2D eigenvalue weighted by Gasteiger charge is -2.21. The number of carbonyl (C=O) groups excluding carboxylic acids is 2. The van der Waals surface area contributed by atoms with Crippen LogP contribution < -0.4 is 4.72 Å². The number of halogens is 1.